The van der Waals surface area contributed by atoms with Crippen LogP contribution in [0.5, 0.6) is 0 Å². The van der Waals surface area contributed by atoms with Crippen LogP contribution in [-0.4, -0.2) is 29.3 Å². The third-order valence-corrected chi connectivity index (χ3v) is 2.96. The summed E-state index contributed by atoms with van der Waals surface area (Å²) in [6.07, 6.45) is 0.584. The summed E-state index contributed by atoms with van der Waals surface area (Å²) < 4.78 is 0. The predicted octanol–water partition coefficient (Wildman–Crippen LogP) is 3.18. The van der Waals surface area contributed by atoms with Crippen LogP contribution in [0.4, 0.5) is 0 Å². The second kappa shape index (κ2) is 6.55. The second-order valence-corrected chi connectivity index (χ2v) is 4.89. The molecule has 1 aromatic rings. The highest BCUT2D eigenvalue weighted by atomic mass is 16.1. The molecule has 1 aromatic carbocycles. The molecule has 93 valence electrons. The molecule has 0 saturated carbocycles. The Morgan fingerprint density at radius 1 is 1.18 bits per heavy atom. The first-order chi connectivity index (χ1) is 8.02. The summed E-state index contributed by atoms with van der Waals surface area (Å²) in [5, 5.41) is 0. The number of benzene rings is 1. The van der Waals surface area contributed by atoms with Crippen LogP contribution in [0.25, 0.3) is 0 Å². The van der Waals surface area contributed by atoms with E-state index in [2.05, 4.69) is 38.7 Å². The molecule has 1 radical (unpaired) electrons. The van der Waals surface area contributed by atoms with E-state index in [1.54, 1.807) is 12.1 Å². The SMILES string of the molecule is CC(C)N(CCC(=O)c1cc[c]cc1)C(C)C. The molecule has 2 nitrogen and oxygen atoms in total. The van der Waals surface area contributed by atoms with Crippen molar-refractivity contribution in [1.29, 1.82) is 0 Å². The smallest absolute Gasteiger partial charge is 0.164 e. The van der Waals surface area contributed by atoms with E-state index in [1.165, 1.54) is 0 Å². The standard InChI is InChI=1S/C15H22NO/c1-12(2)16(13(3)4)11-10-15(17)14-8-6-5-7-9-14/h6-9,12-13H,10-11H2,1-4H3. The fraction of sp³-hybridized carbons (Fsp3) is 0.533. The van der Waals surface area contributed by atoms with Gasteiger partial charge < -0.3 is 0 Å². The van der Waals surface area contributed by atoms with Gasteiger partial charge in [0.1, 0.15) is 0 Å². The minimum absolute atomic E-state index is 0.213. The van der Waals surface area contributed by atoms with Crippen LogP contribution in [0.2, 0.25) is 0 Å². The molecule has 2 heteroatoms. The predicted molar refractivity (Wildman–Crippen MR) is 71.2 cm³/mol. The molecule has 0 unspecified atom stereocenters. The van der Waals surface area contributed by atoms with E-state index in [0.29, 0.717) is 18.5 Å². The van der Waals surface area contributed by atoms with Crippen molar-refractivity contribution in [2.24, 2.45) is 0 Å². The summed E-state index contributed by atoms with van der Waals surface area (Å²) in [6, 6.07) is 11.1. The van der Waals surface area contributed by atoms with Gasteiger partial charge in [-0.1, -0.05) is 24.3 Å². The minimum Gasteiger partial charge on any atom is -0.298 e. The molecule has 1 rings (SSSR count). The fourth-order valence-electron chi connectivity index (χ4n) is 2.06. The van der Waals surface area contributed by atoms with Crippen molar-refractivity contribution in [3.8, 4) is 0 Å². The Balaban J connectivity index is 2.53. The van der Waals surface area contributed by atoms with Gasteiger partial charge in [0, 0.05) is 30.6 Å². The van der Waals surface area contributed by atoms with Crippen molar-refractivity contribution in [3.63, 3.8) is 0 Å². The van der Waals surface area contributed by atoms with Gasteiger partial charge in [0.15, 0.2) is 5.78 Å². The second-order valence-electron chi connectivity index (χ2n) is 4.89. The van der Waals surface area contributed by atoms with Gasteiger partial charge in [-0.15, -0.1) is 0 Å². The molecule has 0 aliphatic heterocycles. The fourth-order valence-corrected chi connectivity index (χ4v) is 2.06. The quantitative estimate of drug-likeness (QED) is 0.702. The summed E-state index contributed by atoms with van der Waals surface area (Å²) in [7, 11) is 0. The monoisotopic (exact) mass is 232 g/mol. The Morgan fingerprint density at radius 3 is 2.18 bits per heavy atom. The van der Waals surface area contributed by atoms with Gasteiger partial charge in [0.25, 0.3) is 0 Å². The number of carbonyl (C=O) groups is 1. The van der Waals surface area contributed by atoms with Gasteiger partial charge in [-0.25, -0.2) is 0 Å². The first-order valence-corrected chi connectivity index (χ1v) is 6.27. The summed E-state index contributed by atoms with van der Waals surface area (Å²) in [5.74, 6) is 0.213. The van der Waals surface area contributed by atoms with Crippen LogP contribution < -0.4 is 0 Å². The molecule has 0 spiro atoms. The molecule has 0 aliphatic rings. The zero-order valence-corrected chi connectivity index (χ0v) is 11.2. The summed E-state index contributed by atoms with van der Waals surface area (Å²) in [5.41, 5.74) is 0.788. The van der Waals surface area contributed by atoms with Gasteiger partial charge in [-0.05, 0) is 33.8 Å². The molecule has 0 aliphatic carbocycles. The number of hydrogen-bond acceptors (Lipinski definition) is 2. The maximum atomic E-state index is 12.0. The highest BCUT2D eigenvalue weighted by molar-refractivity contribution is 5.96. The Hall–Kier alpha value is -1.15. The van der Waals surface area contributed by atoms with E-state index < -0.39 is 0 Å². The molecule has 0 fully saturated rings. The normalized spacial score (nSPS) is 11.5. The van der Waals surface area contributed by atoms with Crippen LogP contribution >= 0.6 is 0 Å². The lowest BCUT2D eigenvalue weighted by atomic mass is 10.1. The lowest BCUT2D eigenvalue weighted by molar-refractivity contribution is 0.0940. The van der Waals surface area contributed by atoms with Crippen molar-refractivity contribution >= 4 is 5.78 Å². The first kappa shape index (κ1) is 13.9. The van der Waals surface area contributed by atoms with Gasteiger partial charge in [0.2, 0.25) is 0 Å². The van der Waals surface area contributed by atoms with Gasteiger partial charge in [0.05, 0.1) is 0 Å². The molecule has 0 heterocycles. The average molecular weight is 232 g/mol. The van der Waals surface area contributed by atoms with Crippen LogP contribution in [0.3, 0.4) is 0 Å². The van der Waals surface area contributed by atoms with Crippen molar-refractivity contribution in [1.82, 2.24) is 4.90 Å². The topological polar surface area (TPSA) is 20.3 Å². The van der Waals surface area contributed by atoms with Crippen molar-refractivity contribution in [2.45, 2.75) is 46.2 Å². The van der Waals surface area contributed by atoms with Gasteiger partial charge in [-0.3, -0.25) is 9.69 Å². The summed E-state index contributed by atoms with van der Waals surface area (Å²) in [4.78, 5) is 14.3. The summed E-state index contributed by atoms with van der Waals surface area (Å²) in [6.45, 7) is 9.50. The molecule has 0 saturated heterocycles. The van der Waals surface area contributed by atoms with Crippen LogP contribution in [0.15, 0.2) is 24.3 Å². The van der Waals surface area contributed by atoms with E-state index in [1.807, 2.05) is 12.1 Å². The third kappa shape index (κ3) is 4.31. The van der Waals surface area contributed by atoms with Crippen molar-refractivity contribution in [3.05, 3.63) is 35.9 Å². The van der Waals surface area contributed by atoms with Crippen molar-refractivity contribution < 1.29 is 4.79 Å². The highest BCUT2D eigenvalue weighted by Gasteiger charge is 2.15. The molecule has 0 N–H and O–H groups in total. The van der Waals surface area contributed by atoms with E-state index in [9.17, 15) is 4.79 Å². The molecule has 17 heavy (non-hydrogen) atoms. The van der Waals surface area contributed by atoms with Gasteiger partial charge in [-0.2, -0.15) is 0 Å². The van der Waals surface area contributed by atoms with Gasteiger partial charge >= 0.3 is 0 Å². The van der Waals surface area contributed by atoms with Crippen molar-refractivity contribution in [2.75, 3.05) is 6.54 Å². The lowest BCUT2D eigenvalue weighted by Gasteiger charge is -2.30. The lowest BCUT2D eigenvalue weighted by Crippen LogP contribution is -2.38. The molecule has 0 amide bonds. The molecule has 0 bridgehead atoms. The highest BCUT2D eigenvalue weighted by Crippen LogP contribution is 2.09. The van der Waals surface area contributed by atoms with Crippen LogP contribution in [0.1, 0.15) is 44.5 Å². The number of rotatable bonds is 6. The maximum Gasteiger partial charge on any atom is 0.164 e. The Bertz CT molecular complexity index is 335. The number of Topliss-reactive ketones (excluding diaryl/α,β-unsaturated/α-hetero) is 1. The Morgan fingerprint density at radius 2 is 1.71 bits per heavy atom. The van der Waals surface area contributed by atoms with E-state index >= 15 is 0 Å². The van der Waals surface area contributed by atoms with Crippen LogP contribution in [-0.2, 0) is 0 Å². The number of ketones is 1. The molecule has 0 aromatic heterocycles. The first-order valence-electron chi connectivity index (χ1n) is 6.27. The Labute approximate surface area is 105 Å². The number of nitrogens with zero attached hydrogens (tertiary/aromatic N) is 1. The number of hydrogen-bond donors (Lipinski definition) is 0. The minimum atomic E-state index is 0.213. The molecular weight excluding hydrogens is 210 g/mol. The van der Waals surface area contributed by atoms with E-state index in [-0.39, 0.29) is 5.78 Å². The summed E-state index contributed by atoms with van der Waals surface area (Å²) >= 11 is 0. The molecule has 0 atom stereocenters. The van der Waals surface area contributed by atoms with E-state index in [0.717, 1.165) is 12.1 Å². The van der Waals surface area contributed by atoms with E-state index in [4.69, 9.17) is 0 Å². The zero-order valence-electron chi connectivity index (χ0n) is 11.2. The third-order valence-electron chi connectivity index (χ3n) is 2.96. The average Bonchev–Trinajstić information content (AvgIpc) is 2.29. The Kier molecular flexibility index (Phi) is 5.36. The van der Waals surface area contributed by atoms with Crippen LogP contribution in [0, 0.1) is 6.07 Å². The largest absolute Gasteiger partial charge is 0.298 e. The zero-order chi connectivity index (χ0) is 12.8. The molecular formula is C15H22NO. The maximum absolute atomic E-state index is 12.0. The number of carbonyl (C=O) groups excluding carboxylic acids is 1.